The Balaban J connectivity index is 2.16. The van der Waals surface area contributed by atoms with Crippen molar-refractivity contribution in [3.8, 4) is 0 Å². The Kier molecular flexibility index (Phi) is 7.44. The number of nitrogens with two attached hydrogens (primary N) is 1. The normalized spacial score (nSPS) is 11.5. The zero-order chi connectivity index (χ0) is 14.8. The fraction of sp³-hybridized carbons (Fsp3) is 0.417. The van der Waals surface area contributed by atoms with E-state index in [0.717, 1.165) is 0 Å². The standard InChI is InChI=1S/C12H18N4O3S/c1-2-19-12(18)9(13)7-20-8-11(17)16-15-10-5-3-4-6-14-10/h3-6,9H,2,7-8,13H2,1H3,(H,14,15)(H,16,17). The number of hydrogen-bond acceptors (Lipinski definition) is 7. The van der Waals surface area contributed by atoms with E-state index in [9.17, 15) is 9.59 Å². The minimum Gasteiger partial charge on any atom is -0.465 e. The minimum absolute atomic E-state index is 0.187. The van der Waals surface area contributed by atoms with Gasteiger partial charge in [0.15, 0.2) is 0 Å². The van der Waals surface area contributed by atoms with Gasteiger partial charge in [0.25, 0.3) is 0 Å². The topological polar surface area (TPSA) is 106 Å². The molecule has 20 heavy (non-hydrogen) atoms. The second-order valence-electron chi connectivity index (χ2n) is 3.76. The highest BCUT2D eigenvalue weighted by Crippen LogP contribution is 2.03. The van der Waals surface area contributed by atoms with E-state index in [1.807, 2.05) is 0 Å². The van der Waals surface area contributed by atoms with E-state index in [1.54, 1.807) is 31.3 Å². The second-order valence-corrected chi connectivity index (χ2v) is 4.79. The third-order valence-corrected chi connectivity index (χ3v) is 3.18. The number of nitrogens with zero attached hydrogens (tertiary/aromatic N) is 1. The number of ether oxygens (including phenoxy) is 1. The summed E-state index contributed by atoms with van der Waals surface area (Å²) in [6.07, 6.45) is 1.61. The number of pyridine rings is 1. The molecule has 1 amide bonds. The van der Waals surface area contributed by atoms with E-state index in [1.165, 1.54) is 11.8 Å². The van der Waals surface area contributed by atoms with Gasteiger partial charge in [-0.25, -0.2) is 4.98 Å². The van der Waals surface area contributed by atoms with Gasteiger partial charge in [-0.3, -0.25) is 20.4 Å². The third-order valence-electron chi connectivity index (χ3n) is 2.11. The summed E-state index contributed by atoms with van der Waals surface area (Å²) in [6.45, 7) is 2.01. The maximum absolute atomic E-state index is 11.5. The van der Waals surface area contributed by atoms with Crippen molar-refractivity contribution in [3.05, 3.63) is 24.4 Å². The zero-order valence-electron chi connectivity index (χ0n) is 11.2. The second kappa shape index (κ2) is 9.16. The molecule has 1 unspecified atom stereocenters. The van der Waals surface area contributed by atoms with Crippen LogP contribution in [0.4, 0.5) is 5.82 Å². The monoisotopic (exact) mass is 298 g/mol. The highest BCUT2D eigenvalue weighted by Gasteiger charge is 2.14. The first kappa shape index (κ1) is 16.3. The average Bonchev–Trinajstić information content (AvgIpc) is 2.46. The first-order chi connectivity index (χ1) is 9.63. The van der Waals surface area contributed by atoms with Crippen LogP contribution < -0.4 is 16.6 Å². The van der Waals surface area contributed by atoms with Gasteiger partial charge in [0.2, 0.25) is 5.91 Å². The Morgan fingerprint density at radius 3 is 2.95 bits per heavy atom. The molecular weight excluding hydrogens is 280 g/mol. The van der Waals surface area contributed by atoms with Gasteiger partial charge in [-0.15, -0.1) is 11.8 Å². The summed E-state index contributed by atoms with van der Waals surface area (Å²) in [5.41, 5.74) is 10.8. The molecule has 0 saturated heterocycles. The number of amides is 1. The van der Waals surface area contributed by atoms with Crippen molar-refractivity contribution in [2.75, 3.05) is 23.5 Å². The molecule has 0 aliphatic heterocycles. The van der Waals surface area contributed by atoms with Gasteiger partial charge in [-0.2, -0.15) is 0 Å². The Bertz CT molecular complexity index is 430. The molecule has 0 radical (unpaired) electrons. The predicted molar refractivity (Wildman–Crippen MR) is 77.9 cm³/mol. The molecule has 0 bridgehead atoms. The van der Waals surface area contributed by atoms with Crippen LogP contribution >= 0.6 is 11.8 Å². The number of rotatable bonds is 8. The van der Waals surface area contributed by atoms with E-state index in [-0.39, 0.29) is 11.7 Å². The van der Waals surface area contributed by atoms with Crippen LogP contribution in [0.25, 0.3) is 0 Å². The van der Waals surface area contributed by atoms with Gasteiger partial charge in [0.05, 0.1) is 12.4 Å². The fourth-order valence-corrected chi connectivity index (χ4v) is 1.97. The van der Waals surface area contributed by atoms with Crippen LogP contribution in [-0.4, -0.2) is 41.0 Å². The van der Waals surface area contributed by atoms with Crippen LogP contribution in [0, 0.1) is 0 Å². The Labute approximate surface area is 121 Å². The lowest BCUT2D eigenvalue weighted by Gasteiger charge is -2.10. The van der Waals surface area contributed by atoms with E-state index in [4.69, 9.17) is 10.5 Å². The van der Waals surface area contributed by atoms with Crippen molar-refractivity contribution in [2.24, 2.45) is 5.73 Å². The molecular formula is C12H18N4O3S. The van der Waals surface area contributed by atoms with Crippen LogP contribution in [0.3, 0.4) is 0 Å². The molecule has 0 aliphatic rings. The Morgan fingerprint density at radius 2 is 2.30 bits per heavy atom. The summed E-state index contributed by atoms with van der Waals surface area (Å²) in [5.74, 6) is 0.390. The number of nitrogens with one attached hydrogen (secondary N) is 2. The summed E-state index contributed by atoms with van der Waals surface area (Å²) in [7, 11) is 0. The van der Waals surface area contributed by atoms with E-state index >= 15 is 0 Å². The highest BCUT2D eigenvalue weighted by molar-refractivity contribution is 8.00. The molecule has 1 atom stereocenters. The first-order valence-electron chi connectivity index (χ1n) is 6.09. The molecule has 4 N–H and O–H groups in total. The zero-order valence-corrected chi connectivity index (χ0v) is 12.0. The van der Waals surface area contributed by atoms with E-state index in [2.05, 4.69) is 15.8 Å². The smallest absolute Gasteiger partial charge is 0.323 e. The van der Waals surface area contributed by atoms with Gasteiger partial charge in [0, 0.05) is 11.9 Å². The molecule has 0 aliphatic carbocycles. The molecule has 8 heteroatoms. The van der Waals surface area contributed by atoms with Crippen LogP contribution in [0.5, 0.6) is 0 Å². The van der Waals surface area contributed by atoms with Crippen LogP contribution in [0.2, 0.25) is 0 Å². The number of aromatic nitrogens is 1. The largest absolute Gasteiger partial charge is 0.465 e. The van der Waals surface area contributed by atoms with Gasteiger partial charge in [0.1, 0.15) is 11.9 Å². The molecule has 0 aromatic carbocycles. The van der Waals surface area contributed by atoms with Crippen molar-refractivity contribution < 1.29 is 14.3 Å². The van der Waals surface area contributed by atoms with Crippen LogP contribution in [-0.2, 0) is 14.3 Å². The first-order valence-corrected chi connectivity index (χ1v) is 7.24. The van der Waals surface area contributed by atoms with Crippen molar-refractivity contribution in [1.29, 1.82) is 0 Å². The maximum Gasteiger partial charge on any atom is 0.323 e. The summed E-state index contributed by atoms with van der Waals surface area (Å²) in [4.78, 5) is 26.8. The number of anilines is 1. The molecule has 0 saturated carbocycles. The molecule has 1 heterocycles. The summed E-state index contributed by atoms with van der Waals surface area (Å²) in [5, 5.41) is 0. The van der Waals surface area contributed by atoms with E-state index < -0.39 is 12.0 Å². The minimum atomic E-state index is -0.712. The van der Waals surface area contributed by atoms with Crippen LogP contribution in [0.15, 0.2) is 24.4 Å². The number of hydrazine groups is 1. The van der Waals surface area contributed by atoms with Gasteiger partial charge in [-0.1, -0.05) is 6.07 Å². The number of hydrogen-bond donors (Lipinski definition) is 3. The quantitative estimate of drug-likeness (QED) is 0.463. The van der Waals surface area contributed by atoms with Gasteiger partial charge >= 0.3 is 5.97 Å². The molecule has 1 aromatic rings. The Hall–Kier alpha value is -1.80. The molecule has 110 valence electrons. The molecule has 7 nitrogen and oxygen atoms in total. The van der Waals surface area contributed by atoms with Crippen molar-refractivity contribution in [1.82, 2.24) is 10.4 Å². The molecule has 0 fully saturated rings. The number of carbonyl (C=O) groups is 2. The summed E-state index contributed by atoms with van der Waals surface area (Å²) in [6, 6.07) is 4.59. The number of esters is 1. The average molecular weight is 298 g/mol. The molecule has 1 aromatic heterocycles. The number of carbonyl (C=O) groups excluding carboxylic acids is 2. The third kappa shape index (κ3) is 6.39. The SMILES string of the molecule is CCOC(=O)C(N)CSCC(=O)NNc1ccccn1. The summed E-state index contributed by atoms with van der Waals surface area (Å²) < 4.78 is 4.77. The van der Waals surface area contributed by atoms with E-state index in [0.29, 0.717) is 18.2 Å². The van der Waals surface area contributed by atoms with Gasteiger partial charge in [-0.05, 0) is 19.1 Å². The lowest BCUT2D eigenvalue weighted by molar-refractivity contribution is -0.144. The fourth-order valence-electron chi connectivity index (χ4n) is 1.20. The van der Waals surface area contributed by atoms with Gasteiger partial charge < -0.3 is 10.5 Å². The number of thioether (sulfide) groups is 1. The van der Waals surface area contributed by atoms with Crippen molar-refractivity contribution >= 4 is 29.5 Å². The van der Waals surface area contributed by atoms with Crippen molar-refractivity contribution in [3.63, 3.8) is 0 Å². The predicted octanol–water partition coefficient (Wildman–Crippen LogP) is 0.148. The highest BCUT2D eigenvalue weighted by atomic mass is 32.2. The van der Waals surface area contributed by atoms with Crippen LogP contribution in [0.1, 0.15) is 6.92 Å². The Morgan fingerprint density at radius 1 is 1.50 bits per heavy atom. The summed E-state index contributed by atoms with van der Waals surface area (Å²) >= 11 is 1.26. The molecule has 1 rings (SSSR count). The maximum atomic E-state index is 11.5. The molecule has 0 spiro atoms. The lowest BCUT2D eigenvalue weighted by Crippen LogP contribution is -2.36. The van der Waals surface area contributed by atoms with Crippen molar-refractivity contribution in [2.45, 2.75) is 13.0 Å². The lowest BCUT2D eigenvalue weighted by atomic mass is 10.4.